The standard InChI is InChI=1S/C14H23N5O/c1-15-13-12(20-2)14(17-10-16-13)19-8-7-18-6-4-3-5-11(18)9-19/h10-11H,3-9H2,1-2H3,(H,15,16,17). The number of aromatic nitrogens is 2. The van der Waals surface area contributed by atoms with E-state index in [2.05, 4.69) is 25.1 Å². The predicted octanol–water partition coefficient (Wildman–Crippen LogP) is 1.20. The zero-order valence-corrected chi connectivity index (χ0v) is 12.3. The molecule has 2 aliphatic heterocycles. The Morgan fingerprint density at radius 1 is 1.25 bits per heavy atom. The van der Waals surface area contributed by atoms with Crippen LogP contribution >= 0.6 is 0 Å². The van der Waals surface area contributed by atoms with E-state index in [9.17, 15) is 0 Å². The number of hydrogen-bond donors (Lipinski definition) is 1. The second-order valence-corrected chi connectivity index (χ2v) is 5.46. The first kappa shape index (κ1) is 13.4. The van der Waals surface area contributed by atoms with Crippen LogP contribution in [-0.2, 0) is 0 Å². The summed E-state index contributed by atoms with van der Waals surface area (Å²) in [6, 6.07) is 0.662. The van der Waals surface area contributed by atoms with E-state index in [1.54, 1.807) is 13.4 Å². The molecule has 3 rings (SSSR count). The molecule has 0 amide bonds. The maximum atomic E-state index is 5.51. The average Bonchev–Trinajstić information content (AvgIpc) is 2.53. The van der Waals surface area contributed by atoms with E-state index >= 15 is 0 Å². The van der Waals surface area contributed by atoms with Gasteiger partial charge in [-0.3, -0.25) is 4.90 Å². The van der Waals surface area contributed by atoms with Crippen LogP contribution in [-0.4, -0.2) is 61.2 Å². The van der Waals surface area contributed by atoms with Crippen LogP contribution in [0, 0.1) is 0 Å². The lowest BCUT2D eigenvalue weighted by atomic mass is 9.99. The van der Waals surface area contributed by atoms with Crippen LogP contribution in [0.15, 0.2) is 6.33 Å². The Bertz CT molecular complexity index is 467. The van der Waals surface area contributed by atoms with Crippen molar-refractivity contribution in [1.29, 1.82) is 0 Å². The van der Waals surface area contributed by atoms with Gasteiger partial charge in [0, 0.05) is 32.7 Å². The lowest BCUT2D eigenvalue weighted by Crippen LogP contribution is -2.55. The summed E-state index contributed by atoms with van der Waals surface area (Å²) in [5.74, 6) is 2.42. The molecule has 1 unspecified atom stereocenters. The van der Waals surface area contributed by atoms with Crippen molar-refractivity contribution in [3.05, 3.63) is 6.33 Å². The van der Waals surface area contributed by atoms with Crippen LogP contribution in [0.4, 0.5) is 11.6 Å². The topological polar surface area (TPSA) is 53.5 Å². The van der Waals surface area contributed by atoms with E-state index < -0.39 is 0 Å². The highest BCUT2D eigenvalue weighted by Gasteiger charge is 2.31. The highest BCUT2D eigenvalue weighted by molar-refractivity contribution is 5.64. The number of methoxy groups -OCH3 is 1. The van der Waals surface area contributed by atoms with Crippen LogP contribution in [0.25, 0.3) is 0 Å². The number of rotatable bonds is 3. The van der Waals surface area contributed by atoms with Gasteiger partial charge in [0.2, 0.25) is 5.75 Å². The van der Waals surface area contributed by atoms with Crippen LogP contribution in [0.1, 0.15) is 19.3 Å². The minimum atomic E-state index is 0.662. The molecule has 0 aliphatic carbocycles. The molecule has 1 aromatic rings. The van der Waals surface area contributed by atoms with E-state index in [-0.39, 0.29) is 0 Å². The lowest BCUT2D eigenvalue weighted by molar-refractivity contribution is 0.133. The number of piperazine rings is 1. The number of anilines is 2. The molecule has 6 nitrogen and oxygen atoms in total. The smallest absolute Gasteiger partial charge is 0.204 e. The zero-order valence-electron chi connectivity index (χ0n) is 12.3. The maximum absolute atomic E-state index is 5.51. The summed E-state index contributed by atoms with van der Waals surface area (Å²) < 4.78 is 5.51. The van der Waals surface area contributed by atoms with E-state index in [0.717, 1.165) is 37.0 Å². The summed E-state index contributed by atoms with van der Waals surface area (Å²) in [7, 11) is 3.54. The van der Waals surface area contributed by atoms with Crippen LogP contribution < -0.4 is 15.0 Å². The Balaban J connectivity index is 1.82. The third kappa shape index (κ3) is 2.40. The van der Waals surface area contributed by atoms with E-state index in [4.69, 9.17) is 4.74 Å². The number of piperidine rings is 1. The minimum Gasteiger partial charge on any atom is -0.490 e. The molecule has 3 heterocycles. The summed E-state index contributed by atoms with van der Waals surface area (Å²) in [5.41, 5.74) is 0. The largest absolute Gasteiger partial charge is 0.490 e. The minimum absolute atomic E-state index is 0.662. The van der Waals surface area contributed by atoms with Gasteiger partial charge in [0.25, 0.3) is 0 Å². The molecule has 6 heteroatoms. The first-order valence-electron chi connectivity index (χ1n) is 7.39. The van der Waals surface area contributed by atoms with Crippen molar-refractivity contribution in [1.82, 2.24) is 14.9 Å². The fourth-order valence-corrected chi connectivity index (χ4v) is 3.30. The molecule has 1 atom stereocenters. The summed E-state index contributed by atoms with van der Waals surface area (Å²) in [6.07, 6.45) is 5.59. The number of ether oxygens (including phenoxy) is 1. The number of nitrogens with one attached hydrogen (secondary N) is 1. The summed E-state index contributed by atoms with van der Waals surface area (Å²) in [4.78, 5) is 13.6. The van der Waals surface area contributed by atoms with Crippen molar-refractivity contribution >= 4 is 11.6 Å². The first-order chi connectivity index (χ1) is 9.83. The molecule has 0 saturated carbocycles. The van der Waals surface area contributed by atoms with Gasteiger partial charge in [-0.1, -0.05) is 6.42 Å². The van der Waals surface area contributed by atoms with Gasteiger partial charge in [0.1, 0.15) is 6.33 Å². The molecule has 110 valence electrons. The quantitative estimate of drug-likeness (QED) is 0.896. The third-order valence-electron chi connectivity index (χ3n) is 4.36. The second kappa shape index (κ2) is 5.83. The second-order valence-electron chi connectivity index (χ2n) is 5.46. The number of nitrogens with zero attached hydrogens (tertiary/aromatic N) is 4. The van der Waals surface area contributed by atoms with Crippen molar-refractivity contribution in [3.8, 4) is 5.75 Å². The molecule has 2 fully saturated rings. The van der Waals surface area contributed by atoms with Gasteiger partial charge < -0.3 is 15.0 Å². The van der Waals surface area contributed by atoms with Gasteiger partial charge in [-0.15, -0.1) is 0 Å². The van der Waals surface area contributed by atoms with Gasteiger partial charge in [-0.2, -0.15) is 0 Å². The molecule has 20 heavy (non-hydrogen) atoms. The Morgan fingerprint density at radius 3 is 2.95 bits per heavy atom. The highest BCUT2D eigenvalue weighted by Crippen LogP contribution is 2.33. The fraction of sp³-hybridized carbons (Fsp3) is 0.714. The van der Waals surface area contributed by atoms with Crippen molar-refractivity contribution in [2.45, 2.75) is 25.3 Å². The van der Waals surface area contributed by atoms with Gasteiger partial charge in [-0.25, -0.2) is 9.97 Å². The van der Waals surface area contributed by atoms with Gasteiger partial charge in [0.05, 0.1) is 7.11 Å². The Kier molecular flexibility index (Phi) is 3.91. The van der Waals surface area contributed by atoms with Crippen molar-refractivity contribution in [3.63, 3.8) is 0 Å². The molecule has 1 aromatic heterocycles. The van der Waals surface area contributed by atoms with Gasteiger partial charge in [0.15, 0.2) is 11.6 Å². The Labute approximate surface area is 120 Å². The maximum Gasteiger partial charge on any atom is 0.204 e. The average molecular weight is 277 g/mol. The highest BCUT2D eigenvalue weighted by atomic mass is 16.5. The zero-order chi connectivity index (χ0) is 13.9. The fourth-order valence-electron chi connectivity index (χ4n) is 3.30. The van der Waals surface area contributed by atoms with E-state index in [0.29, 0.717) is 6.04 Å². The van der Waals surface area contributed by atoms with Crippen molar-refractivity contribution < 1.29 is 4.74 Å². The molecule has 0 spiro atoms. The van der Waals surface area contributed by atoms with E-state index in [1.807, 2.05) is 7.05 Å². The van der Waals surface area contributed by atoms with Gasteiger partial charge in [-0.05, 0) is 19.4 Å². The summed E-state index contributed by atoms with van der Waals surface area (Å²) >= 11 is 0. The molecular weight excluding hydrogens is 254 g/mol. The van der Waals surface area contributed by atoms with Crippen molar-refractivity contribution in [2.24, 2.45) is 0 Å². The molecule has 0 aromatic carbocycles. The predicted molar refractivity (Wildman–Crippen MR) is 79.6 cm³/mol. The van der Waals surface area contributed by atoms with Crippen LogP contribution in [0.5, 0.6) is 5.75 Å². The normalized spacial score (nSPS) is 23.3. The van der Waals surface area contributed by atoms with Gasteiger partial charge >= 0.3 is 0 Å². The molecule has 2 saturated heterocycles. The Hall–Kier alpha value is -1.56. The number of fused-ring (bicyclic) bond motifs is 1. The summed E-state index contributed by atoms with van der Waals surface area (Å²) in [5, 5.41) is 3.07. The van der Waals surface area contributed by atoms with Crippen molar-refractivity contribution in [2.75, 3.05) is 50.6 Å². The van der Waals surface area contributed by atoms with E-state index in [1.165, 1.54) is 25.8 Å². The molecule has 1 N–H and O–H groups in total. The lowest BCUT2D eigenvalue weighted by Gasteiger charge is -2.44. The van der Waals surface area contributed by atoms with Crippen LogP contribution in [0.3, 0.4) is 0 Å². The monoisotopic (exact) mass is 277 g/mol. The first-order valence-corrected chi connectivity index (χ1v) is 7.39. The summed E-state index contributed by atoms with van der Waals surface area (Å²) in [6.45, 7) is 4.41. The Morgan fingerprint density at radius 2 is 2.15 bits per heavy atom. The number of hydrogen-bond acceptors (Lipinski definition) is 6. The SMILES string of the molecule is CNc1ncnc(N2CCN3CCCCC3C2)c1OC. The molecule has 0 bridgehead atoms. The molecular formula is C14H23N5O. The van der Waals surface area contributed by atoms with Crippen LogP contribution in [0.2, 0.25) is 0 Å². The third-order valence-corrected chi connectivity index (χ3v) is 4.36. The molecule has 2 aliphatic rings. The molecule has 0 radical (unpaired) electrons.